The van der Waals surface area contributed by atoms with E-state index in [1.54, 1.807) is 13.8 Å². The zero-order valence-electron chi connectivity index (χ0n) is 10.7. The SMILES string of the molecule is COC(=O)c1c(C)nc2nc(CC(=O)O)nn2c1C. The molecule has 0 radical (unpaired) electrons. The molecule has 0 spiro atoms. The maximum Gasteiger partial charge on any atom is 0.341 e. The number of carbonyl (C=O) groups is 2. The molecule has 1 N–H and O–H groups in total. The molecule has 0 saturated carbocycles. The average Bonchev–Trinajstić information content (AvgIpc) is 2.70. The fourth-order valence-electron chi connectivity index (χ4n) is 1.82. The first kappa shape index (κ1) is 12.9. The largest absolute Gasteiger partial charge is 0.481 e. The smallest absolute Gasteiger partial charge is 0.341 e. The van der Waals surface area contributed by atoms with E-state index in [4.69, 9.17) is 5.11 Å². The van der Waals surface area contributed by atoms with Crippen LogP contribution in [0.2, 0.25) is 0 Å². The van der Waals surface area contributed by atoms with E-state index >= 15 is 0 Å². The second kappa shape index (κ2) is 4.63. The van der Waals surface area contributed by atoms with Crippen molar-refractivity contribution < 1.29 is 19.4 Å². The molecule has 0 aliphatic rings. The van der Waals surface area contributed by atoms with E-state index in [9.17, 15) is 9.59 Å². The van der Waals surface area contributed by atoms with E-state index in [0.29, 0.717) is 17.0 Å². The number of aryl methyl sites for hydroxylation is 2. The third-order valence-corrected chi connectivity index (χ3v) is 2.64. The lowest BCUT2D eigenvalue weighted by molar-refractivity contribution is -0.136. The Labute approximate surface area is 108 Å². The van der Waals surface area contributed by atoms with Crippen molar-refractivity contribution in [3.05, 3.63) is 22.8 Å². The van der Waals surface area contributed by atoms with Gasteiger partial charge in [-0.25, -0.2) is 14.3 Å². The van der Waals surface area contributed by atoms with Gasteiger partial charge in [0.2, 0.25) is 0 Å². The van der Waals surface area contributed by atoms with Crippen LogP contribution in [0.15, 0.2) is 0 Å². The van der Waals surface area contributed by atoms with E-state index in [2.05, 4.69) is 19.8 Å². The summed E-state index contributed by atoms with van der Waals surface area (Å²) in [7, 11) is 1.28. The van der Waals surface area contributed by atoms with Crippen LogP contribution in [0.4, 0.5) is 0 Å². The van der Waals surface area contributed by atoms with Crippen LogP contribution in [-0.2, 0) is 16.0 Å². The molecule has 0 saturated heterocycles. The van der Waals surface area contributed by atoms with E-state index in [1.165, 1.54) is 11.6 Å². The Hall–Kier alpha value is -2.51. The molecule has 8 heteroatoms. The molecule has 0 aliphatic carbocycles. The molecule has 0 amide bonds. The third kappa shape index (κ3) is 2.24. The lowest BCUT2D eigenvalue weighted by Gasteiger charge is -2.07. The number of fused-ring (bicyclic) bond motifs is 1. The number of rotatable bonds is 3. The number of ether oxygens (including phenoxy) is 1. The van der Waals surface area contributed by atoms with Crippen LogP contribution in [-0.4, -0.2) is 43.7 Å². The van der Waals surface area contributed by atoms with Crippen LogP contribution >= 0.6 is 0 Å². The summed E-state index contributed by atoms with van der Waals surface area (Å²) in [5, 5.41) is 12.7. The van der Waals surface area contributed by atoms with Gasteiger partial charge in [0, 0.05) is 0 Å². The number of methoxy groups -OCH3 is 1. The highest BCUT2D eigenvalue weighted by molar-refractivity contribution is 5.91. The number of carboxylic acid groups (broad SMARTS) is 1. The Morgan fingerprint density at radius 2 is 2.00 bits per heavy atom. The van der Waals surface area contributed by atoms with Gasteiger partial charge in [-0.2, -0.15) is 4.98 Å². The fourth-order valence-corrected chi connectivity index (χ4v) is 1.82. The minimum Gasteiger partial charge on any atom is -0.481 e. The predicted octanol–water partition coefficient (Wildman–Crippen LogP) is 0.155. The summed E-state index contributed by atoms with van der Waals surface area (Å²) >= 11 is 0. The molecule has 0 atom stereocenters. The summed E-state index contributed by atoms with van der Waals surface area (Å²) in [6.07, 6.45) is -0.296. The second-order valence-electron chi connectivity index (χ2n) is 3.96. The van der Waals surface area contributed by atoms with Crippen LogP contribution in [0, 0.1) is 13.8 Å². The van der Waals surface area contributed by atoms with Crippen molar-refractivity contribution >= 4 is 17.7 Å². The first-order valence-corrected chi connectivity index (χ1v) is 5.47. The molecular formula is C11H12N4O4. The number of carbonyl (C=O) groups excluding carboxylic acids is 1. The molecule has 2 rings (SSSR count). The molecule has 19 heavy (non-hydrogen) atoms. The molecule has 2 aromatic rings. The number of aliphatic carboxylic acids is 1. The Bertz CT molecular complexity index is 677. The third-order valence-electron chi connectivity index (χ3n) is 2.64. The van der Waals surface area contributed by atoms with Gasteiger partial charge in [0.05, 0.1) is 18.5 Å². The Kier molecular flexibility index (Phi) is 3.16. The topological polar surface area (TPSA) is 107 Å². The van der Waals surface area contributed by atoms with Crippen LogP contribution in [0.3, 0.4) is 0 Å². The van der Waals surface area contributed by atoms with Gasteiger partial charge in [0.15, 0.2) is 5.82 Å². The zero-order chi connectivity index (χ0) is 14.2. The van der Waals surface area contributed by atoms with Gasteiger partial charge >= 0.3 is 11.9 Å². The van der Waals surface area contributed by atoms with Gasteiger partial charge in [-0.3, -0.25) is 4.79 Å². The van der Waals surface area contributed by atoms with E-state index < -0.39 is 11.9 Å². The minimum absolute atomic E-state index is 0.143. The molecule has 0 unspecified atom stereocenters. The Morgan fingerprint density at radius 3 is 2.58 bits per heavy atom. The summed E-state index contributed by atoms with van der Waals surface area (Å²) in [6.45, 7) is 3.33. The monoisotopic (exact) mass is 264 g/mol. The van der Waals surface area contributed by atoms with Crippen molar-refractivity contribution in [3.63, 3.8) is 0 Å². The van der Waals surface area contributed by atoms with Crippen molar-refractivity contribution in [2.75, 3.05) is 7.11 Å². The highest BCUT2D eigenvalue weighted by Crippen LogP contribution is 2.14. The van der Waals surface area contributed by atoms with Crippen molar-refractivity contribution in [1.29, 1.82) is 0 Å². The van der Waals surface area contributed by atoms with Gasteiger partial charge in [-0.15, -0.1) is 5.10 Å². The molecule has 0 aromatic carbocycles. The maximum absolute atomic E-state index is 11.7. The summed E-state index contributed by atoms with van der Waals surface area (Å²) in [6, 6.07) is 0. The highest BCUT2D eigenvalue weighted by Gasteiger charge is 2.19. The van der Waals surface area contributed by atoms with E-state index in [-0.39, 0.29) is 18.0 Å². The average molecular weight is 264 g/mol. The van der Waals surface area contributed by atoms with Crippen molar-refractivity contribution in [2.45, 2.75) is 20.3 Å². The minimum atomic E-state index is -1.03. The lowest BCUT2D eigenvalue weighted by Crippen LogP contribution is -2.12. The molecule has 0 aliphatic heterocycles. The van der Waals surface area contributed by atoms with Gasteiger partial charge in [0.1, 0.15) is 12.0 Å². The van der Waals surface area contributed by atoms with Crippen LogP contribution in [0.25, 0.3) is 5.78 Å². The predicted molar refractivity (Wildman–Crippen MR) is 62.9 cm³/mol. The quantitative estimate of drug-likeness (QED) is 0.786. The summed E-state index contributed by atoms with van der Waals surface area (Å²) in [5.41, 5.74) is 1.28. The van der Waals surface area contributed by atoms with Gasteiger partial charge in [-0.05, 0) is 13.8 Å². The Balaban J connectivity index is 2.63. The molecule has 0 bridgehead atoms. The highest BCUT2D eigenvalue weighted by atomic mass is 16.5. The van der Waals surface area contributed by atoms with Crippen molar-refractivity contribution in [3.8, 4) is 0 Å². The van der Waals surface area contributed by atoms with Crippen LogP contribution in [0.1, 0.15) is 27.6 Å². The summed E-state index contributed by atoms with van der Waals surface area (Å²) in [4.78, 5) is 30.4. The van der Waals surface area contributed by atoms with Crippen LogP contribution in [0.5, 0.6) is 0 Å². The zero-order valence-corrected chi connectivity index (χ0v) is 10.7. The van der Waals surface area contributed by atoms with Crippen LogP contribution < -0.4 is 0 Å². The molecule has 0 fully saturated rings. The fraction of sp³-hybridized carbons (Fsp3) is 0.364. The number of hydrogen-bond donors (Lipinski definition) is 1. The lowest BCUT2D eigenvalue weighted by atomic mass is 10.2. The number of carboxylic acids is 1. The van der Waals surface area contributed by atoms with Gasteiger partial charge in [-0.1, -0.05) is 0 Å². The van der Waals surface area contributed by atoms with Gasteiger partial charge in [0.25, 0.3) is 5.78 Å². The molecule has 8 nitrogen and oxygen atoms in total. The summed E-state index contributed by atoms with van der Waals surface area (Å²) in [5.74, 6) is -1.14. The summed E-state index contributed by atoms with van der Waals surface area (Å²) < 4.78 is 6.03. The van der Waals surface area contributed by atoms with Crippen molar-refractivity contribution in [1.82, 2.24) is 19.6 Å². The normalized spacial score (nSPS) is 10.7. The first-order chi connectivity index (χ1) is 8.93. The molecule has 100 valence electrons. The van der Waals surface area contributed by atoms with E-state index in [1.807, 2.05) is 0 Å². The van der Waals surface area contributed by atoms with E-state index in [0.717, 1.165) is 0 Å². The van der Waals surface area contributed by atoms with Crippen molar-refractivity contribution in [2.24, 2.45) is 0 Å². The standard InChI is InChI=1S/C11H12N4O4/c1-5-9(10(18)19-3)6(2)15-11(12-5)13-7(14-15)4-8(16)17/h4H2,1-3H3,(H,16,17). The maximum atomic E-state index is 11.7. The molecular weight excluding hydrogens is 252 g/mol. The first-order valence-electron chi connectivity index (χ1n) is 5.47. The number of nitrogens with zero attached hydrogens (tertiary/aromatic N) is 4. The second-order valence-corrected chi connectivity index (χ2v) is 3.96. The number of aromatic nitrogens is 4. The molecule has 2 aromatic heterocycles. The van der Waals surface area contributed by atoms with Gasteiger partial charge < -0.3 is 9.84 Å². The Morgan fingerprint density at radius 1 is 1.32 bits per heavy atom. The number of esters is 1. The number of hydrogen-bond acceptors (Lipinski definition) is 6. The molecule has 2 heterocycles.